The molecule has 0 radical (unpaired) electrons. The van der Waals surface area contributed by atoms with Crippen molar-refractivity contribution in [1.82, 2.24) is 30.1 Å². The Labute approximate surface area is 182 Å². The van der Waals surface area contributed by atoms with Gasteiger partial charge in [0.25, 0.3) is 5.89 Å². The van der Waals surface area contributed by atoms with Crippen molar-refractivity contribution in [3.8, 4) is 39.9 Å². The fraction of sp³-hybridized carbons (Fsp3) is 0. The predicted octanol–water partition coefficient (Wildman–Crippen LogP) is 5.09. The largest absolute Gasteiger partial charge is 0.332 e. The van der Waals surface area contributed by atoms with Gasteiger partial charge in [-0.3, -0.25) is 4.98 Å². The van der Waals surface area contributed by atoms with E-state index in [9.17, 15) is 8.78 Å². The standard InChI is InChI=1S/C21H11BrF2N6O/c22-15-6-5-13(23)11-14(15)20-26-21(31-28-20)18-19(12-7-9-25-10-8-12)30(29-27-18)17-4-2-1-3-16(17)24/h1-11H. The molecule has 0 fully saturated rings. The van der Waals surface area contributed by atoms with Crippen LogP contribution in [0.1, 0.15) is 0 Å². The van der Waals surface area contributed by atoms with Crippen LogP contribution in [0.4, 0.5) is 8.78 Å². The van der Waals surface area contributed by atoms with Gasteiger partial charge in [0.2, 0.25) is 5.82 Å². The zero-order chi connectivity index (χ0) is 21.4. The number of pyridine rings is 1. The molecule has 10 heteroatoms. The van der Waals surface area contributed by atoms with Crippen molar-refractivity contribution in [3.05, 3.63) is 83.1 Å². The minimum atomic E-state index is -0.468. The summed E-state index contributed by atoms with van der Waals surface area (Å²) in [5.41, 5.74) is 1.99. The average Bonchev–Trinajstić information content (AvgIpc) is 3.44. The SMILES string of the molecule is Fc1ccc(Br)c(-c2noc(-c3nnn(-c4ccccc4F)c3-c3ccncc3)n2)c1. The molecule has 0 amide bonds. The van der Waals surface area contributed by atoms with Crippen LogP contribution in [0.5, 0.6) is 0 Å². The molecule has 7 nitrogen and oxygen atoms in total. The smallest absolute Gasteiger partial charge is 0.281 e. The summed E-state index contributed by atoms with van der Waals surface area (Å²) in [5, 5.41) is 12.2. The number of hydrogen-bond donors (Lipinski definition) is 0. The highest BCUT2D eigenvalue weighted by molar-refractivity contribution is 9.10. The molecule has 0 spiro atoms. The highest BCUT2D eigenvalue weighted by Gasteiger charge is 2.24. The maximum atomic E-state index is 14.5. The third kappa shape index (κ3) is 3.50. The van der Waals surface area contributed by atoms with Crippen LogP contribution in [-0.2, 0) is 0 Å². The minimum absolute atomic E-state index is 0.0561. The lowest BCUT2D eigenvalue weighted by Gasteiger charge is -2.08. The van der Waals surface area contributed by atoms with E-state index in [4.69, 9.17) is 4.52 Å². The van der Waals surface area contributed by atoms with Crippen molar-refractivity contribution >= 4 is 15.9 Å². The van der Waals surface area contributed by atoms with E-state index in [-0.39, 0.29) is 23.1 Å². The van der Waals surface area contributed by atoms with Crippen molar-refractivity contribution in [1.29, 1.82) is 0 Å². The van der Waals surface area contributed by atoms with Gasteiger partial charge in [0, 0.05) is 28.0 Å². The lowest BCUT2D eigenvalue weighted by atomic mass is 10.1. The van der Waals surface area contributed by atoms with Gasteiger partial charge in [0.15, 0.2) is 5.69 Å². The van der Waals surface area contributed by atoms with E-state index in [1.807, 2.05) is 0 Å². The van der Waals surface area contributed by atoms with Crippen LogP contribution in [0.2, 0.25) is 0 Å². The lowest BCUT2D eigenvalue weighted by molar-refractivity contribution is 0.431. The van der Waals surface area contributed by atoms with Gasteiger partial charge in [-0.2, -0.15) is 4.98 Å². The molecule has 0 unspecified atom stereocenters. The fourth-order valence-electron chi connectivity index (χ4n) is 3.08. The summed E-state index contributed by atoms with van der Waals surface area (Å²) < 4.78 is 35.6. The molecule has 0 aliphatic carbocycles. The second kappa shape index (κ2) is 7.80. The van der Waals surface area contributed by atoms with Gasteiger partial charge in [-0.05, 0) is 42.5 Å². The molecule has 2 aromatic carbocycles. The van der Waals surface area contributed by atoms with E-state index in [0.717, 1.165) is 0 Å². The molecular formula is C21H11BrF2N6O. The highest BCUT2D eigenvalue weighted by atomic mass is 79.9. The first-order chi connectivity index (χ1) is 15.1. The molecule has 0 aliphatic rings. The Morgan fingerprint density at radius 1 is 0.968 bits per heavy atom. The predicted molar refractivity (Wildman–Crippen MR) is 111 cm³/mol. The monoisotopic (exact) mass is 480 g/mol. The van der Waals surface area contributed by atoms with E-state index >= 15 is 0 Å². The minimum Gasteiger partial charge on any atom is -0.332 e. The van der Waals surface area contributed by atoms with Gasteiger partial charge in [-0.25, -0.2) is 13.5 Å². The molecule has 0 saturated heterocycles. The summed E-state index contributed by atoms with van der Waals surface area (Å²) in [5.74, 6) is -0.681. The van der Waals surface area contributed by atoms with Gasteiger partial charge >= 0.3 is 0 Å². The van der Waals surface area contributed by atoms with Gasteiger partial charge in [0.05, 0.1) is 0 Å². The molecule has 31 heavy (non-hydrogen) atoms. The maximum absolute atomic E-state index is 14.5. The number of para-hydroxylation sites is 1. The maximum Gasteiger partial charge on any atom is 0.281 e. The number of halogens is 3. The zero-order valence-electron chi connectivity index (χ0n) is 15.6. The van der Waals surface area contributed by atoms with E-state index in [1.165, 1.54) is 22.9 Å². The Morgan fingerprint density at radius 3 is 2.58 bits per heavy atom. The van der Waals surface area contributed by atoms with E-state index < -0.39 is 11.6 Å². The molecule has 5 aromatic rings. The third-order valence-corrected chi connectivity index (χ3v) is 5.19. The Balaban J connectivity index is 1.68. The van der Waals surface area contributed by atoms with Gasteiger partial charge in [-0.1, -0.05) is 38.4 Å². The molecule has 5 rings (SSSR count). The van der Waals surface area contributed by atoms with E-state index in [0.29, 0.717) is 21.3 Å². The second-order valence-corrected chi connectivity index (χ2v) is 7.29. The summed E-state index contributed by atoms with van der Waals surface area (Å²) in [7, 11) is 0. The van der Waals surface area contributed by atoms with Crippen molar-refractivity contribution in [2.24, 2.45) is 0 Å². The summed E-state index contributed by atoms with van der Waals surface area (Å²) in [6.07, 6.45) is 3.20. The molecule has 0 aliphatic heterocycles. The van der Waals surface area contributed by atoms with E-state index in [2.05, 4.69) is 41.4 Å². The fourth-order valence-corrected chi connectivity index (χ4v) is 3.51. The van der Waals surface area contributed by atoms with Crippen LogP contribution in [-0.4, -0.2) is 30.1 Å². The van der Waals surface area contributed by atoms with Gasteiger partial charge < -0.3 is 4.52 Å². The molecule has 152 valence electrons. The second-order valence-electron chi connectivity index (χ2n) is 6.43. The molecule has 3 aromatic heterocycles. The first-order valence-corrected chi connectivity index (χ1v) is 9.81. The lowest BCUT2D eigenvalue weighted by Crippen LogP contribution is -2.02. The topological polar surface area (TPSA) is 82.5 Å². The first kappa shape index (κ1) is 19.2. The quantitative estimate of drug-likeness (QED) is 0.356. The van der Waals surface area contributed by atoms with Gasteiger partial charge in [-0.15, -0.1) is 5.10 Å². The van der Waals surface area contributed by atoms with Crippen molar-refractivity contribution in [2.45, 2.75) is 0 Å². The molecule has 0 N–H and O–H groups in total. The number of rotatable bonds is 4. The normalized spacial score (nSPS) is 11.1. The van der Waals surface area contributed by atoms with Crippen LogP contribution in [0.15, 0.2) is 76.0 Å². The van der Waals surface area contributed by atoms with Crippen LogP contribution in [0.25, 0.3) is 39.9 Å². The first-order valence-electron chi connectivity index (χ1n) is 9.02. The Kier molecular flexibility index (Phi) is 4.83. The van der Waals surface area contributed by atoms with Crippen LogP contribution in [0, 0.1) is 11.6 Å². The number of nitrogens with zero attached hydrogens (tertiary/aromatic N) is 6. The Hall–Kier alpha value is -3.79. The van der Waals surface area contributed by atoms with E-state index in [1.54, 1.807) is 48.8 Å². The van der Waals surface area contributed by atoms with Crippen molar-refractivity contribution in [2.75, 3.05) is 0 Å². The van der Waals surface area contributed by atoms with Gasteiger partial charge in [0.1, 0.15) is 23.0 Å². The Morgan fingerprint density at radius 2 is 1.77 bits per heavy atom. The average molecular weight is 481 g/mol. The zero-order valence-corrected chi connectivity index (χ0v) is 17.2. The highest BCUT2D eigenvalue weighted by Crippen LogP contribution is 2.34. The number of benzene rings is 2. The summed E-state index contributed by atoms with van der Waals surface area (Å²) >= 11 is 3.36. The number of hydrogen-bond acceptors (Lipinski definition) is 6. The van der Waals surface area contributed by atoms with Crippen LogP contribution < -0.4 is 0 Å². The van der Waals surface area contributed by atoms with Crippen molar-refractivity contribution < 1.29 is 13.3 Å². The Bertz CT molecular complexity index is 1390. The van der Waals surface area contributed by atoms with Crippen LogP contribution >= 0.6 is 15.9 Å². The van der Waals surface area contributed by atoms with Crippen molar-refractivity contribution in [3.63, 3.8) is 0 Å². The summed E-state index contributed by atoms with van der Waals surface area (Å²) in [6.45, 7) is 0. The summed E-state index contributed by atoms with van der Waals surface area (Å²) in [6, 6.07) is 13.8. The molecule has 3 heterocycles. The summed E-state index contributed by atoms with van der Waals surface area (Å²) in [4.78, 5) is 8.39. The number of aromatic nitrogens is 6. The third-order valence-electron chi connectivity index (χ3n) is 4.50. The molecular weight excluding hydrogens is 470 g/mol. The van der Waals surface area contributed by atoms with Crippen LogP contribution in [0.3, 0.4) is 0 Å². The molecule has 0 bridgehead atoms. The molecule has 0 saturated carbocycles. The molecule has 0 atom stereocenters.